The Labute approximate surface area is 117 Å². The Morgan fingerprint density at radius 1 is 0.842 bits per heavy atom. The highest BCUT2D eigenvalue weighted by atomic mass is 14.7. The number of aryl methyl sites for hydroxylation is 1. The van der Waals surface area contributed by atoms with Crippen LogP contribution in [0.15, 0.2) is 30.5 Å². The number of nitrogens with one attached hydrogen (secondary N) is 1. The highest BCUT2D eigenvalue weighted by Crippen LogP contribution is 2.20. The molecule has 1 aromatic heterocycles. The van der Waals surface area contributed by atoms with E-state index in [1.165, 1.54) is 74.3 Å². The van der Waals surface area contributed by atoms with Gasteiger partial charge >= 0.3 is 0 Å². The Hall–Kier alpha value is -1.24. The smallest absolute Gasteiger partial charge is 0.0226 e. The Kier molecular flexibility index (Phi) is 6.00. The minimum atomic E-state index is 1.20. The molecule has 1 heteroatoms. The Morgan fingerprint density at radius 2 is 1.53 bits per heavy atom. The molecule has 1 nitrogen and oxygen atoms in total. The SMILES string of the molecule is CCCCCCCCCCc1[nH]cc2ccccc12. The van der Waals surface area contributed by atoms with E-state index in [1.54, 1.807) is 0 Å². The molecule has 0 aliphatic rings. The minimum absolute atomic E-state index is 1.20. The van der Waals surface area contributed by atoms with Crippen LogP contribution in [-0.2, 0) is 6.42 Å². The lowest BCUT2D eigenvalue weighted by atomic mass is 10.1. The summed E-state index contributed by atoms with van der Waals surface area (Å²) in [4.78, 5) is 3.43. The zero-order valence-corrected chi connectivity index (χ0v) is 12.3. The van der Waals surface area contributed by atoms with Crippen molar-refractivity contribution in [1.82, 2.24) is 4.98 Å². The molecule has 1 aromatic carbocycles. The summed E-state index contributed by atoms with van der Waals surface area (Å²) >= 11 is 0. The van der Waals surface area contributed by atoms with E-state index in [0.29, 0.717) is 0 Å². The number of benzene rings is 1. The van der Waals surface area contributed by atoms with Crippen LogP contribution in [0.4, 0.5) is 0 Å². The summed E-state index contributed by atoms with van der Waals surface area (Å²) in [6.07, 6.45) is 14.5. The van der Waals surface area contributed by atoms with Crippen LogP contribution >= 0.6 is 0 Å². The molecule has 2 aromatic rings. The monoisotopic (exact) mass is 257 g/mol. The highest BCUT2D eigenvalue weighted by Gasteiger charge is 2.02. The summed E-state index contributed by atoms with van der Waals surface area (Å²) in [7, 11) is 0. The van der Waals surface area contributed by atoms with Gasteiger partial charge in [-0.3, -0.25) is 0 Å². The molecule has 1 heterocycles. The molecule has 104 valence electrons. The molecular weight excluding hydrogens is 230 g/mol. The average molecular weight is 257 g/mol. The molecule has 0 fully saturated rings. The second-order valence-electron chi connectivity index (χ2n) is 5.58. The molecule has 0 saturated carbocycles. The predicted octanol–water partition coefficient (Wildman–Crippen LogP) is 5.85. The Balaban J connectivity index is 1.63. The van der Waals surface area contributed by atoms with Crippen LogP contribution in [0, 0.1) is 0 Å². The summed E-state index contributed by atoms with van der Waals surface area (Å²) in [5, 5.41) is 2.75. The predicted molar refractivity (Wildman–Crippen MR) is 84.6 cm³/mol. The van der Waals surface area contributed by atoms with Crippen molar-refractivity contribution in [1.29, 1.82) is 0 Å². The number of hydrogen-bond acceptors (Lipinski definition) is 0. The molecule has 0 aliphatic carbocycles. The molecule has 1 N–H and O–H groups in total. The normalized spacial score (nSPS) is 11.2. The lowest BCUT2D eigenvalue weighted by molar-refractivity contribution is 0.574. The first-order valence-corrected chi connectivity index (χ1v) is 7.97. The fourth-order valence-electron chi connectivity index (χ4n) is 2.78. The van der Waals surface area contributed by atoms with E-state index in [0.717, 1.165) is 0 Å². The van der Waals surface area contributed by atoms with Crippen LogP contribution in [0.2, 0.25) is 0 Å². The number of aromatic amines is 1. The molecule has 2 rings (SSSR count). The van der Waals surface area contributed by atoms with Gasteiger partial charge in [-0.05, 0) is 18.2 Å². The van der Waals surface area contributed by atoms with Crippen molar-refractivity contribution in [2.75, 3.05) is 0 Å². The highest BCUT2D eigenvalue weighted by molar-refractivity contribution is 5.85. The van der Waals surface area contributed by atoms with Gasteiger partial charge < -0.3 is 4.98 Å². The van der Waals surface area contributed by atoms with Crippen molar-refractivity contribution in [3.8, 4) is 0 Å². The van der Waals surface area contributed by atoms with Crippen molar-refractivity contribution in [2.45, 2.75) is 64.7 Å². The topological polar surface area (TPSA) is 15.8 Å². The number of fused-ring (bicyclic) bond motifs is 1. The van der Waals surface area contributed by atoms with E-state index in [-0.39, 0.29) is 0 Å². The Bertz CT molecular complexity index is 469. The maximum atomic E-state index is 3.43. The van der Waals surface area contributed by atoms with E-state index in [4.69, 9.17) is 0 Å². The molecule has 0 bridgehead atoms. The largest absolute Gasteiger partial charge is 0.364 e. The van der Waals surface area contributed by atoms with E-state index in [2.05, 4.69) is 42.4 Å². The number of unbranched alkanes of at least 4 members (excludes halogenated alkanes) is 7. The number of hydrogen-bond donors (Lipinski definition) is 1. The first-order valence-electron chi connectivity index (χ1n) is 7.97. The van der Waals surface area contributed by atoms with Gasteiger partial charge in [0, 0.05) is 17.3 Å². The summed E-state index contributed by atoms with van der Waals surface area (Å²) in [5.74, 6) is 0. The summed E-state index contributed by atoms with van der Waals surface area (Å²) < 4.78 is 0. The van der Waals surface area contributed by atoms with Crippen LogP contribution in [0.1, 0.15) is 64.0 Å². The van der Waals surface area contributed by atoms with Gasteiger partial charge in [0.1, 0.15) is 0 Å². The van der Waals surface area contributed by atoms with Gasteiger partial charge in [0.05, 0.1) is 0 Å². The van der Waals surface area contributed by atoms with E-state index >= 15 is 0 Å². The van der Waals surface area contributed by atoms with Crippen LogP contribution in [0.3, 0.4) is 0 Å². The molecule has 0 aliphatic heterocycles. The van der Waals surface area contributed by atoms with Crippen molar-refractivity contribution >= 4 is 10.8 Å². The molecular formula is C18H27N. The average Bonchev–Trinajstić information content (AvgIpc) is 2.85. The third-order valence-electron chi connectivity index (χ3n) is 3.97. The van der Waals surface area contributed by atoms with Gasteiger partial charge in [0.25, 0.3) is 0 Å². The molecule has 0 spiro atoms. The molecule has 0 saturated heterocycles. The number of aromatic nitrogens is 1. The second kappa shape index (κ2) is 8.04. The lowest BCUT2D eigenvalue weighted by Crippen LogP contribution is -1.87. The van der Waals surface area contributed by atoms with Crippen LogP contribution in [-0.4, -0.2) is 4.98 Å². The van der Waals surface area contributed by atoms with Gasteiger partial charge in [-0.2, -0.15) is 0 Å². The van der Waals surface area contributed by atoms with Gasteiger partial charge in [0.15, 0.2) is 0 Å². The van der Waals surface area contributed by atoms with Gasteiger partial charge in [-0.15, -0.1) is 0 Å². The lowest BCUT2D eigenvalue weighted by Gasteiger charge is -2.02. The van der Waals surface area contributed by atoms with Crippen molar-refractivity contribution in [3.63, 3.8) is 0 Å². The third kappa shape index (κ3) is 4.41. The van der Waals surface area contributed by atoms with Gasteiger partial charge in [-0.25, -0.2) is 0 Å². The molecule has 0 unspecified atom stereocenters. The van der Waals surface area contributed by atoms with E-state index in [9.17, 15) is 0 Å². The quantitative estimate of drug-likeness (QED) is 0.542. The van der Waals surface area contributed by atoms with Crippen LogP contribution in [0.5, 0.6) is 0 Å². The number of rotatable bonds is 9. The number of H-pyrrole nitrogens is 1. The first-order chi connectivity index (χ1) is 9.42. The van der Waals surface area contributed by atoms with E-state index < -0.39 is 0 Å². The van der Waals surface area contributed by atoms with Crippen LogP contribution < -0.4 is 0 Å². The van der Waals surface area contributed by atoms with Crippen molar-refractivity contribution in [3.05, 3.63) is 36.2 Å². The first kappa shape index (κ1) is 14.2. The van der Waals surface area contributed by atoms with Gasteiger partial charge in [0.2, 0.25) is 0 Å². The fraction of sp³-hybridized carbons (Fsp3) is 0.556. The zero-order valence-electron chi connectivity index (χ0n) is 12.3. The molecule has 19 heavy (non-hydrogen) atoms. The summed E-state index contributed by atoms with van der Waals surface area (Å²) in [6, 6.07) is 8.65. The maximum absolute atomic E-state index is 3.43. The summed E-state index contributed by atoms with van der Waals surface area (Å²) in [5.41, 5.74) is 1.42. The summed E-state index contributed by atoms with van der Waals surface area (Å²) in [6.45, 7) is 2.28. The molecule has 0 atom stereocenters. The zero-order chi connectivity index (χ0) is 13.3. The van der Waals surface area contributed by atoms with Gasteiger partial charge in [-0.1, -0.05) is 76.1 Å². The third-order valence-corrected chi connectivity index (χ3v) is 3.97. The van der Waals surface area contributed by atoms with Crippen LogP contribution in [0.25, 0.3) is 10.8 Å². The fourth-order valence-corrected chi connectivity index (χ4v) is 2.78. The minimum Gasteiger partial charge on any atom is -0.364 e. The maximum Gasteiger partial charge on any atom is 0.0226 e. The standard InChI is InChI=1S/C18H27N/c1-2-3-4-5-6-7-8-9-14-18-17-13-11-10-12-16(17)15-19-18/h10-13,15,19H,2-9,14H2,1H3. The molecule has 0 radical (unpaired) electrons. The molecule has 0 amide bonds. The second-order valence-corrected chi connectivity index (χ2v) is 5.58. The van der Waals surface area contributed by atoms with Crippen molar-refractivity contribution in [2.24, 2.45) is 0 Å². The van der Waals surface area contributed by atoms with Crippen molar-refractivity contribution < 1.29 is 0 Å². The Morgan fingerprint density at radius 3 is 2.32 bits per heavy atom. The van der Waals surface area contributed by atoms with E-state index in [1.807, 2.05) is 0 Å².